The van der Waals surface area contributed by atoms with Gasteiger partial charge in [0.25, 0.3) is 0 Å². The number of hydrogen-bond acceptors (Lipinski definition) is 7. The monoisotopic (exact) mass is 1160 g/mol. The maximum absolute atomic E-state index is 6.87. The molecule has 3 aliphatic rings. The lowest BCUT2D eigenvalue weighted by Gasteiger charge is -2.31. The second-order valence-corrected chi connectivity index (χ2v) is 32.8. The topological polar surface area (TPSA) is 64.6 Å². The number of rotatable bonds is 22. The van der Waals surface area contributed by atoms with Crippen LogP contribution in [-0.4, -0.2) is 104 Å². The molecule has 3 heterocycles. The van der Waals surface area contributed by atoms with Gasteiger partial charge in [-0.1, -0.05) is 267 Å². The zero-order chi connectivity index (χ0) is 56.0. The third-order valence-corrected chi connectivity index (χ3v) is 29.8. The van der Waals surface area contributed by atoms with Gasteiger partial charge in [-0.3, -0.25) is 0 Å². The number of benzene rings is 7. The molecule has 81 heavy (non-hydrogen) atoms. The molecule has 0 radical (unpaired) electrons. The van der Waals surface area contributed by atoms with Crippen molar-refractivity contribution in [2.24, 2.45) is 0 Å². The van der Waals surface area contributed by atoms with E-state index in [2.05, 4.69) is 242 Å². The zero-order valence-corrected chi connectivity index (χ0v) is 51.9. The van der Waals surface area contributed by atoms with Crippen molar-refractivity contribution in [3.8, 4) is 5.75 Å². The van der Waals surface area contributed by atoms with E-state index in [1.54, 1.807) is 7.11 Å². The lowest BCUT2D eigenvalue weighted by atomic mass is 10.1. The smallest absolute Gasteiger partial charge is 0.126 e. The maximum Gasteiger partial charge on any atom is 0.126 e. The summed E-state index contributed by atoms with van der Waals surface area (Å²) in [5, 5.41) is 5.77. The molecular formula is C70H88O7P4. The molecule has 7 aromatic rings. The summed E-state index contributed by atoms with van der Waals surface area (Å²) in [5.41, 5.74) is 7.21. The largest absolute Gasteiger partial charge is 0.496 e. The maximum atomic E-state index is 6.87. The Morgan fingerprint density at radius 1 is 0.358 bits per heavy atom. The molecule has 3 aliphatic heterocycles. The highest BCUT2D eigenvalue weighted by molar-refractivity contribution is 7.74. The normalized spacial score (nSPS) is 28.1. The molecule has 0 bridgehead atoms. The van der Waals surface area contributed by atoms with Crippen LogP contribution in [0.25, 0.3) is 0 Å². The van der Waals surface area contributed by atoms with Crippen LogP contribution >= 0.6 is 31.7 Å². The van der Waals surface area contributed by atoms with Crippen molar-refractivity contribution in [3.05, 3.63) is 222 Å². The molecule has 7 aromatic carbocycles. The van der Waals surface area contributed by atoms with Crippen LogP contribution in [0.3, 0.4) is 0 Å². The molecule has 430 valence electrons. The summed E-state index contributed by atoms with van der Waals surface area (Å²) in [7, 11) is 3.58. The average Bonchev–Trinajstić information content (AvgIpc) is 4.12. The van der Waals surface area contributed by atoms with Crippen molar-refractivity contribution in [2.45, 2.75) is 146 Å². The molecule has 3 fully saturated rings. The van der Waals surface area contributed by atoms with Crippen LogP contribution in [0.4, 0.5) is 0 Å². The fraction of sp³-hybridized carbons (Fsp3) is 0.400. The van der Waals surface area contributed by atoms with Gasteiger partial charge in [-0.05, 0) is 64.5 Å². The average molecular weight is 1170 g/mol. The number of methoxy groups -OCH3 is 3. The highest BCUT2D eigenvalue weighted by Crippen LogP contribution is 2.62. The molecule has 0 aromatic heterocycles. The van der Waals surface area contributed by atoms with E-state index in [-0.39, 0.29) is 52.0 Å². The Morgan fingerprint density at radius 3 is 1.00 bits per heavy atom. The predicted octanol–water partition coefficient (Wildman–Crippen LogP) is 14.9. The van der Waals surface area contributed by atoms with Gasteiger partial charge in [0.2, 0.25) is 0 Å². The van der Waals surface area contributed by atoms with E-state index < -0.39 is 23.8 Å². The molecule has 3 unspecified atom stereocenters. The Balaban J connectivity index is 0.000000251. The Hall–Kier alpha value is -4.18. The van der Waals surface area contributed by atoms with Crippen molar-refractivity contribution < 1.29 is 33.2 Å². The van der Waals surface area contributed by atoms with Crippen LogP contribution in [0.15, 0.2) is 200 Å². The van der Waals surface area contributed by atoms with Gasteiger partial charge in [0.15, 0.2) is 0 Å². The van der Waals surface area contributed by atoms with E-state index in [0.717, 1.165) is 5.75 Å². The molecule has 0 aliphatic carbocycles. The van der Waals surface area contributed by atoms with Crippen LogP contribution in [0, 0.1) is 0 Å². The van der Waals surface area contributed by atoms with E-state index in [9.17, 15) is 0 Å². The Labute approximate surface area is 491 Å². The summed E-state index contributed by atoms with van der Waals surface area (Å²) < 4.78 is 44.8. The first-order valence-corrected chi connectivity index (χ1v) is 34.8. The van der Waals surface area contributed by atoms with Crippen molar-refractivity contribution in [1.82, 2.24) is 0 Å². The van der Waals surface area contributed by atoms with Gasteiger partial charge in [0.1, 0.15) is 5.75 Å². The standard InChI is InChI=1S/C46H52O4P2.C23H32O3P2.CH4/c1-33-43(47-29-37-19-9-5-10-20-37)44(48-30-38-21-11-6-12-22-38)34(2)51(33)41-27-17-18-28-42(41)52-35(3)45(49-31-39-23-13-7-14-24-39)46(36(52)4)50-32-40-25-15-8-16-26-40;1-17-22(25-4)23(26-5)18(2)27(17)15-16-28(19-11-7-6-8-12-19)21-14-10-9-13-20(21)24-3;/h5-28,33-36,43-46H,29-32H2,1-4H3;6-14,17-18,22-23H,15-16H2,1-5H3;1H4/t33-,34-,35-,36-,43+,44+,45+,46?,52?;17-,18-,22+,23+,28?;/m00./s1. The predicted molar refractivity (Wildman–Crippen MR) is 347 cm³/mol. The van der Waals surface area contributed by atoms with E-state index in [0.29, 0.717) is 60.4 Å². The zero-order valence-electron chi connectivity index (χ0n) is 48.4. The second kappa shape index (κ2) is 31.1. The highest BCUT2D eigenvalue weighted by atomic mass is 31.1. The van der Waals surface area contributed by atoms with Crippen molar-refractivity contribution in [2.75, 3.05) is 33.7 Å². The van der Waals surface area contributed by atoms with Gasteiger partial charge in [-0.25, -0.2) is 0 Å². The number of hydrogen-bond donors (Lipinski definition) is 0. The van der Waals surface area contributed by atoms with Gasteiger partial charge >= 0.3 is 0 Å². The van der Waals surface area contributed by atoms with Gasteiger partial charge in [-0.2, -0.15) is 0 Å². The first-order chi connectivity index (χ1) is 39.1. The van der Waals surface area contributed by atoms with Gasteiger partial charge in [-0.15, -0.1) is 0 Å². The summed E-state index contributed by atoms with van der Waals surface area (Å²) in [4.78, 5) is 0. The van der Waals surface area contributed by atoms with E-state index in [4.69, 9.17) is 33.2 Å². The second-order valence-electron chi connectivity index (χ2n) is 21.6. The minimum absolute atomic E-state index is 0. The first kappa shape index (κ1) is 62.9. The molecule has 11 heteroatoms. The van der Waals surface area contributed by atoms with Gasteiger partial charge < -0.3 is 33.2 Å². The molecule has 3 saturated heterocycles. The molecule has 14 atom stereocenters. The van der Waals surface area contributed by atoms with Crippen molar-refractivity contribution in [3.63, 3.8) is 0 Å². The highest BCUT2D eigenvalue weighted by Gasteiger charge is 2.53. The lowest BCUT2D eigenvalue weighted by molar-refractivity contribution is -0.0758. The number of ether oxygens (including phenoxy) is 7. The SMILES string of the molecule is C.COc1ccccc1P(CCP1[C@@H](C)[C@@H](OC)[C@H](OC)[C@@H]1C)c1ccccc1.C[C@H]1C(OCc2ccccc2)[C@H](OCc2ccccc2)[C@H](C)P1c1ccccc1P1[C@@H](C)[C@@H](OCc2ccccc2)[C@H](OCc2ccccc2)[C@@H]1C. The molecule has 10 rings (SSSR count). The fourth-order valence-electron chi connectivity index (χ4n) is 12.7. The van der Waals surface area contributed by atoms with E-state index >= 15 is 0 Å². The van der Waals surface area contributed by atoms with Crippen LogP contribution < -0.4 is 26.0 Å². The summed E-state index contributed by atoms with van der Waals surface area (Å²) in [6.07, 6.45) is 2.80. The van der Waals surface area contributed by atoms with Crippen LogP contribution in [-0.2, 0) is 54.8 Å². The summed E-state index contributed by atoms with van der Waals surface area (Å²) in [5.74, 6) is 1.00. The van der Waals surface area contributed by atoms with Gasteiger partial charge in [0.05, 0.1) is 70.2 Å². The molecule has 0 saturated carbocycles. The van der Waals surface area contributed by atoms with Crippen LogP contribution in [0.1, 0.15) is 71.2 Å². The van der Waals surface area contributed by atoms with E-state index in [1.807, 2.05) is 14.2 Å². The molecule has 0 spiro atoms. The third-order valence-electron chi connectivity index (χ3n) is 16.8. The quantitative estimate of drug-likeness (QED) is 0.0627. The molecule has 7 nitrogen and oxygen atoms in total. The fourth-order valence-corrected chi connectivity index (χ4v) is 26.7. The summed E-state index contributed by atoms with van der Waals surface area (Å²) >= 11 is 0. The Bertz CT molecular complexity index is 2650. The Morgan fingerprint density at radius 2 is 0.667 bits per heavy atom. The minimum atomic E-state index is -0.609. The number of para-hydroxylation sites is 1. The van der Waals surface area contributed by atoms with Gasteiger partial charge in [0, 0.05) is 53.5 Å². The molecule has 0 amide bonds. The molecular weight excluding hydrogens is 1080 g/mol. The molecule has 0 N–H and O–H groups in total. The van der Waals surface area contributed by atoms with E-state index in [1.165, 1.54) is 55.8 Å². The van der Waals surface area contributed by atoms with Crippen LogP contribution in [0.5, 0.6) is 5.75 Å². The summed E-state index contributed by atoms with van der Waals surface area (Å²) in [6, 6.07) is 70.9. The van der Waals surface area contributed by atoms with Crippen LogP contribution in [0.2, 0.25) is 0 Å². The lowest BCUT2D eigenvalue weighted by Crippen LogP contribution is -2.36. The summed E-state index contributed by atoms with van der Waals surface area (Å²) in [6.45, 7) is 16.7. The first-order valence-electron chi connectivity index (χ1n) is 28.7. The van der Waals surface area contributed by atoms with Crippen molar-refractivity contribution >= 4 is 52.9 Å². The van der Waals surface area contributed by atoms with Crippen molar-refractivity contribution in [1.29, 1.82) is 0 Å². The Kier molecular flexibility index (Phi) is 24.1. The minimum Gasteiger partial charge on any atom is -0.496 e. The third kappa shape index (κ3) is 15.2.